The lowest BCUT2D eigenvalue weighted by atomic mass is 10.1. The van der Waals surface area contributed by atoms with Crippen molar-refractivity contribution in [2.75, 3.05) is 18.4 Å². The first-order valence-corrected chi connectivity index (χ1v) is 9.04. The predicted molar refractivity (Wildman–Crippen MR) is 103 cm³/mol. The number of nitrogens with one attached hydrogen (secondary N) is 4. The van der Waals surface area contributed by atoms with Crippen LogP contribution in [-0.2, 0) is 4.79 Å². The zero-order chi connectivity index (χ0) is 21.7. The Morgan fingerprint density at radius 2 is 1.80 bits per heavy atom. The van der Waals surface area contributed by atoms with Gasteiger partial charge in [0.25, 0.3) is 0 Å². The third kappa shape index (κ3) is 5.56. The minimum atomic E-state index is -5.08. The summed E-state index contributed by atoms with van der Waals surface area (Å²) in [5.41, 5.74) is 3.06. The maximum Gasteiger partial charge on any atom is 0.490 e. The Morgan fingerprint density at radius 3 is 2.47 bits per heavy atom. The van der Waals surface area contributed by atoms with Crippen molar-refractivity contribution < 1.29 is 23.1 Å². The van der Waals surface area contributed by atoms with Crippen LogP contribution in [0.25, 0.3) is 22.3 Å². The highest BCUT2D eigenvalue weighted by Crippen LogP contribution is 2.21. The van der Waals surface area contributed by atoms with Gasteiger partial charge in [-0.3, -0.25) is 4.98 Å². The minimum Gasteiger partial charge on any atom is -0.475 e. The topological polar surface area (TPSA) is 136 Å². The highest BCUT2D eigenvalue weighted by atomic mass is 19.4. The van der Waals surface area contributed by atoms with E-state index in [-0.39, 0.29) is 5.69 Å². The van der Waals surface area contributed by atoms with Crippen molar-refractivity contribution in [1.29, 1.82) is 0 Å². The van der Waals surface area contributed by atoms with Gasteiger partial charge in [-0.25, -0.2) is 14.6 Å². The molecule has 0 atom stereocenters. The number of carbonyl (C=O) groups is 1. The van der Waals surface area contributed by atoms with Gasteiger partial charge in [-0.1, -0.05) is 6.07 Å². The average molecular weight is 424 g/mol. The average Bonchev–Trinajstić information content (AvgIpc) is 3.08. The van der Waals surface area contributed by atoms with E-state index in [4.69, 9.17) is 9.90 Å². The third-order valence-electron chi connectivity index (χ3n) is 4.38. The van der Waals surface area contributed by atoms with E-state index in [1.54, 1.807) is 12.4 Å². The summed E-state index contributed by atoms with van der Waals surface area (Å²) in [5.74, 6) is -1.97. The molecular weight excluding hydrogens is 405 g/mol. The molecule has 30 heavy (non-hydrogen) atoms. The van der Waals surface area contributed by atoms with E-state index in [0.29, 0.717) is 6.04 Å². The van der Waals surface area contributed by atoms with Crippen LogP contribution in [0.3, 0.4) is 0 Å². The number of H-pyrrole nitrogens is 2. The van der Waals surface area contributed by atoms with Crippen molar-refractivity contribution in [3.8, 4) is 11.3 Å². The summed E-state index contributed by atoms with van der Waals surface area (Å²) >= 11 is 0. The number of piperidine rings is 1. The largest absolute Gasteiger partial charge is 0.490 e. The number of hydrogen-bond donors (Lipinski definition) is 5. The Bertz CT molecular complexity index is 1070. The van der Waals surface area contributed by atoms with Gasteiger partial charge in [0.2, 0.25) is 0 Å². The predicted octanol–water partition coefficient (Wildman–Crippen LogP) is 2.11. The number of aromatic nitrogens is 4. The summed E-state index contributed by atoms with van der Waals surface area (Å²) < 4.78 is 31.7. The molecule has 1 saturated heterocycles. The third-order valence-corrected chi connectivity index (χ3v) is 4.38. The number of aromatic amines is 2. The number of carboxylic acids is 1. The molecule has 12 heteroatoms. The second-order valence-corrected chi connectivity index (χ2v) is 6.60. The second kappa shape index (κ2) is 8.95. The van der Waals surface area contributed by atoms with Crippen molar-refractivity contribution in [2.24, 2.45) is 0 Å². The number of fused-ring (bicyclic) bond motifs is 1. The fraction of sp³-hybridized carbons (Fsp3) is 0.333. The highest BCUT2D eigenvalue weighted by molar-refractivity contribution is 5.80. The Balaban J connectivity index is 0.000000318. The maximum atomic E-state index is 11.4. The molecule has 0 aliphatic carbocycles. The SMILES string of the molecule is O=C(O)C(F)(F)F.O=c1[nH]c2ccc(-c3cncc(NC4CCNCC4)n3)cc2[nH]1. The summed E-state index contributed by atoms with van der Waals surface area (Å²) in [6, 6.07) is 6.15. The number of rotatable bonds is 3. The fourth-order valence-corrected chi connectivity index (χ4v) is 2.94. The van der Waals surface area contributed by atoms with Gasteiger partial charge in [0, 0.05) is 11.6 Å². The lowest BCUT2D eigenvalue weighted by Gasteiger charge is -2.24. The molecule has 0 spiro atoms. The zero-order valence-electron chi connectivity index (χ0n) is 15.6. The van der Waals surface area contributed by atoms with Crippen LogP contribution in [0.1, 0.15) is 12.8 Å². The number of carboxylic acid groups (broad SMARTS) is 1. The molecule has 1 aliphatic rings. The lowest BCUT2D eigenvalue weighted by Crippen LogP contribution is -2.35. The Hall–Kier alpha value is -3.41. The van der Waals surface area contributed by atoms with Crippen molar-refractivity contribution in [2.45, 2.75) is 25.1 Å². The molecule has 0 radical (unpaired) electrons. The van der Waals surface area contributed by atoms with Crippen molar-refractivity contribution in [1.82, 2.24) is 25.3 Å². The fourth-order valence-electron chi connectivity index (χ4n) is 2.94. The normalized spacial score (nSPS) is 14.8. The van der Waals surface area contributed by atoms with Gasteiger partial charge < -0.3 is 25.7 Å². The van der Waals surface area contributed by atoms with E-state index < -0.39 is 12.1 Å². The van der Waals surface area contributed by atoms with E-state index in [1.165, 1.54) is 0 Å². The van der Waals surface area contributed by atoms with E-state index in [2.05, 4.69) is 30.6 Å². The molecule has 1 aromatic carbocycles. The number of aliphatic carboxylic acids is 1. The van der Waals surface area contributed by atoms with E-state index in [1.807, 2.05) is 18.2 Å². The number of imidazole rings is 1. The molecule has 0 saturated carbocycles. The quantitative estimate of drug-likeness (QED) is 0.434. The zero-order valence-corrected chi connectivity index (χ0v) is 15.6. The van der Waals surface area contributed by atoms with Crippen molar-refractivity contribution in [3.05, 3.63) is 41.1 Å². The van der Waals surface area contributed by atoms with Gasteiger partial charge in [0.1, 0.15) is 5.82 Å². The summed E-state index contributed by atoms with van der Waals surface area (Å²) in [7, 11) is 0. The van der Waals surface area contributed by atoms with Crippen molar-refractivity contribution in [3.63, 3.8) is 0 Å². The van der Waals surface area contributed by atoms with Crippen LogP contribution >= 0.6 is 0 Å². The van der Waals surface area contributed by atoms with Crippen LogP contribution in [0.2, 0.25) is 0 Å². The molecule has 4 rings (SSSR count). The molecule has 160 valence electrons. The molecule has 0 bridgehead atoms. The van der Waals surface area contributed by atoms with Gasteiger partial charge in [0.05, 0.1) is 29.1 Å². The van der Waals surface area contributed by atoms with E-state index >= 15 is 0 Å². The van der Waals surface area contributed by atoms with Crippen LogP contribution < -0.4 is 16.3 Å². The first-order chi connectivity index (χ1) is 14.2. The molecule has 0 amide bonds. The van der Waals surface area contributed by atoms with Crippen LogP contribution in [0.15, 0.2) is 35.4 Å². The Morgan fingerprint density at radius 1 is 1.13 bits per heavy atom. The smallest absolute Gasteiger partial charge is 0.475 e. The van der Waals surface area contributed by atoms with Crippen LogP contribution in [-0.4, -0.2) is 56.3 Å². The molecule has 2 aromatic heterocycles. The Kier molecular flexibility index (Phi) is 6.35. The van der Waals surface area contributed by atoms with Crippen LogP contribution in [0.4, 0.5) is 19.0 Å². The molecule has 1 fully saturated rings. The first-order valence-electron chi connectivity index (χ1n) is 9.04. The van der Waals surface area contributed by atoms with Gasteiger partial charge in [0.15, 0.2) is 0 Å². The minimum absolute atomic E-state index is 0.204. The number of alkyl halides is 3. The molecule has 5 N–H and O–H groups in total. The van der Waals surface area contributed by atoms with Gasteiger partial charge in [-0.15, -0.1) is 0 Å². The highest BCUT2D eigenvalue weighted by Gasteiger charge is 2.38. The monoisotopic (exact) mass is 424 g/mol. The first kappa shape index (κ1) is 21.3. The molecule has 0 unspecified atom stereocenters. The van der Waals surface area contributed by atoms with Gasteiger partial charge >= 0.3 is 17.8 Å². The summed E-state index contributed by atoms with van der Waals surface area (Å²) in [4.78, 5) is 34.7. The number of benzene rings is 1. The molecule has 9 nitrogen and oxygen atoms in total. The van der Waals surface area contributed by atoms with E-state index in [0.717, 1.165) is 54.0 Å². The number of nitrogens with zero attached hydrogens (tertiary/aromatic N) is 2. The number of anilines is 1. The van der Waals surface area contributed by atoms with Gasteiger partial charge in [-0.2, -0.15) is 13.2 Å². The van der Waals surface area contributed by atoms with Crippen LogP contribution in [0.5, 0.6) is 0 Å². The summed E-state index contributed by atoms with van der Waals surface area (Å²) in [5, 5.41) is 13.9. The maximum absolute atomic E-state index is 11.4. The number of hydrogen-bond acceptors (Lipinski definition) is 6. The van der Waals surface area contributed by atoms with E-state index in [9.17, 15) is 18.0 Å². The van der Waals surface area contributed by atoms with Crippen molar-refractivity contribution >= 4 is 22.8 Å². The lowest BCUT2D eigenvalue weighted by molar-refractivity contribution is -0.192. The molecular formula is C18H19F3N6O3. The second-order valence-electron chi connectivity index (χ2n) is 6.60. The van der Waals surface area contributed by atoms with Crippen LogP contribution in [0, 0.1) is 0 Å². The number of halogens is 3. The molecule has 3 heterocycles. The summed E-state index contributed by atoms with van der Waals surface area (Å²) in [6.45, 7) is 2.06. The Labute approximate surface area is 167 Å². The molecule has 1 aliphatic heterocycles. The molecule has 3 aromatic rings. The standard InChI is InChI=1S/C16H18N6O.C2HF3O2/c23-16-21-12-2-1-10(7-13(12)22-16)14-8-18-9-15(20-14)19-11-3-5-17-6-4-11;3-2(4,5)1(6)7/h1-2,7-9,11,17H,3-6H2,(H,19,20)(H2,21,22,23);(H,6,7). The summed E-state index contributed by atoms with van der Waals surface area (Å²) in [6.07, 6.45) is 0.576. The van der Waals surface area contributed by atoms with Gasteiger partial charge in [-0.05, 0) is 38.1 Å².